The molecule has 0 aliphatic heterocycles. The third-order valence-corrected chi connectivity index (χ3v) is 0.990. The van der Waals surface area contributed by atoms with Gasteiger partial charge in [-0.25, -0.2) is 13.2 Å². The van der Waals surface area contributed by atoms with Crippen molar-refractivity contribution in [2.24, 2.45) is 0 Å². The van der Waals surface area contributed by atoms with Gasteiger partial charge in [0.1, 0.15) is 0 Å². The molecular formula is C10H13F6PRh+. The Labute approximate surface area is 115 Å². The van der Waals surface area contributed by atoms with Crippen LogP contribution in [0.25, 0.3) is 0 Å². The van der Waals surface area contributed by atoms with Crippen LogP contribution in [0.2, 0.25) is 0 Å². The quantitative estimate of drug-likeness (QED) is 0.158. The normalized spacial score (nSPS) is 8.61. The summed E-state index contributed by atoms with van der Waals surface area (Å²) in [4.78, 5) is 0. The molecule has 1 aromatic carbocycles. The molecule has 0 nitrogen and oxygen atoms in total. The first-order chi connectivity index (χ1) is 7.77. The topological polar surface area (TPSA) is 0 Å². The van der Waals surface area contributed by atoms with Crippen LogP contribution in [0.4, 0.5) is 25.3 Å². The molecule has 0 fully saturated rings. The minimum atomic E-state index is -2.17. The first-order valence-electron chi connectivity index (χ1n) is 4.07. The minimum absolute atomic E-state index is 0. The molecule has 18 heavy (non-hydrogen) atoms. The van der Waals surface area contributed by atoms with E-state index in [1.807, 2.05) is 0 Å². The second-order valence-corrected chi connectivity index (χ2v) is 6.19. The van der Waals surface area contributed by atoms with E-state index in [9.17, 15) is 25.3 Å². The second-order valence-electron chi connectivity index (χ2n) is 3.19. The van der Waals surface area contributed by atoms with Crippen molar-refractivity contribution in [1.29, 1.82) is 0 Å². The van der Waals surface area contributed by atoms with Gasteiger partial charge >= 0.3 is 22.1 Å². The predicted octanol–water partition coefficient (Wildman–Crippen LogP) is 4.14. The third kappa shape index (κ3) is 8.87. The Morgan fingerprint density at radius 3 is 1.22 bits per heavy atom. The molecule has 0 aliphatic carbocycles. The third-order valence-electron chi connectivity index (χ3n) is 0.990. The van der Waals surface area contributed by atoms with E-state index in [4.69, 9.17) is 0 Å². The van der Waals surface area contributed by atoms with Crippen molar-refractivity contribution in [3.05, 3.63) is 42.6 Å². The zero-order chi connectivity index (χ0) is 14.2. The number of rotatable bonds is 0. The Kier molecular flexibility index (Phi) is 15.2. The molecule has 0 N–H and O–H groups in total. The van der Waals surface area contributed by atoms with Crippen LogP contribution in [0.3, 0.4) is 0 Å². The molecule has 108 valence electrons. The van der Waals surface area contributed by atoms with Gasteiger partial charge in [0.25, 0.3) is 0 Å². The fourth-order valence-electron chi connectivity index (χ4n) is 0.495. The Morgan fingerprint density at radius 2 is 1.00 bits per heavy atom. The van der Waals surface area contributed by atoms with Crippen molar-refractivity contribution in [1.82, 2.24) is 0 Å². The number of hydrogen-bond acceptors (Lipinski definition) is 0. The molecule has 0 heterocycles. The van der Waals surface area contributed by atoms with Gasteiger partial charge in [0, 0.05) is 20.0 Å². The van der Waals surface area contributed by atoms with Crippen molar-refractivity contribution in [3.63, 3.8) is 0 Å². The van der Waals surface area contributed by atoms with Crippen molar-refractivity contribution >= 4 is 7.92 Å². The molecule has 0 bridgehead atoms. The van der Waals surface area contributed by atoms with Crippen LogP contribution in [-0.2, 0) is 18.8 Å². The standard InChI is InChI=1S/C6F5.C3H9P.CH3.FH.Rh/c7-2-1-3(8)5(10)6(11)4(2)9;1-4(2)3;;;/h;1-3H3;1H3;1H;/q-1;;-1;;+3. The number of halogens is 6. The summed E-state index contributed by atoms with van der Waals surface area (Å²) in [5.74, 6) is -10.0. The maximum atomic E-state index is 12.0. The van der Waals surface area contributed by atoms with E-state index in [1.165, 1.54) is 0 Å². The number of hydrogen-bond donors (Lipinski definition) is 0. The fourth-order valence-corrected chi connectivity index (χ4v) is 0.495. The van der Waals surface area contributed by atoms with Gasteiger partial charge in [0.2, 0.25) is 0 Å². The first-order valence-corrected chi connectivity index (χ1v) is 7.69. The van der Waals surface area contributed by atoms with Crippen molar-refractivity contribution < 1.29 is 44.1 Å². The molecule has 0 aromatic heterocycles. The van der Waals surface area contributed by atoms with Crippen molar-refractivity contribution in [3.8, 4) is 0 Å². The van der Waals surface area contributed by atoms with E-state index in [-0.39, 0.29) is 15.3 Å². The van der Waals surface area contributed by atoms with Gasteiger partial charge in [-0.1, -0.05) is 0 Å². The van der Waals surface area contributed by atoms with E-state index < -0.39 is 29.1 Å². The molecule has 0 saturated carbocycles. The molecule has 0 unspecified atom stereocenters. The monoisotopic (exact) mass is 381 g/mol. The van der Waals surface area contributed by atoms with Crippen LogP contribution >= 0.6 is 7.92 Å². The van der Waals surface area contributed by atoms with Gasteiger partial charge in [0.15, 0.2) is 0 Å². The molecule has 0 aliphatic rings. The van der Waals surface area contributed by atoms with Gasteiger partial charge in [-0.15, -0.1) is 6.07 Å². The summed E-state index contributed by atoms with van der Waals surface area (Å²) >= 11 is 1.05. The van der Waals surface area contributed by atoms with Crippen LogP contribution in [0.5, 0.6) is 0 Å². The molecule has 1 aromatic rings. The van der Waals surface area contributed by atoms with Crippen LogP contribution in [-0.4, -0.2) is 20.0 Å². The van der Waals surface area contributed by atoms with Gasteiger partial charge < -0.3 is 7.43 Å². The Morgan fingerprint density at radius 1 is 0.778 bits per heavy atom. The average molecular weight is 381 g/mol. The van der Waals surface area contributed by atoms with Crippen molar-refractivity contribution in [2.75, 3.05) is 20.0 Å². The molecule has 0 amide bonds. The van der Waals surface area contributed by atoms with E-state index in [0.29, 0.717) is 0 Å². The molecule has 0 atom stereocenters. The molecule has 0 saturated heterocycles. The summed E-state index contributed by atoms with van der Waals surface area (Å²) in [6.45, 7) is 6.81. The Bertz CT molecular complexity index is 317. The summed E-state index contributed by atoms with van der Waals surface area (Å²) in [5, 5.41) is 0. The van der Waals surface area contributed by atoms with Crippen LogP contribution < -0.4 is 0 Å². The summed E-state index contributed by atoms with van der Waals surface area (Å²) < 4.78 is 69.2. The summed E-state index contributed by atoms with van der Waals surface area (Å²) in [5.41, 5.74) is 0. The Hall–Kier alpha value is -0.147. The zero-order valence-corrected chi connectivity index (χ0v) is 12.7. The number of benzene rings is 1. The van der Waals surface area contributed by atoms with Crippen LogP contribution in [0.1, 0.15) is 0 Å². The summed E-state index contributed by atoms with van der Waals surface area (Å²) in [6.07, 6.45) is 0. The van der Waals surface area contributed by atoms with Crippen LogP contribution in [0, 0.1) is 42.6 Å². The molecule has 1 rings (SSSR count). The average Bonchev–Trinajstić information content (AvgIpc) is 2.26. The predicted molar refractivity (Wildman–Crippen MR) is 58.7 cm³/mol. The molecule has 0 radical (unpaired) electrons. The second kappa shape index (κ2) is 11.9. The maximum absolute atomic E-state index is 12.0. The van der Waals surface area contributed by atoms with Gasteiger partial charge in [-0.3, -0.25) is 8.78 Å². The zero-order valence-electron chi connectivity index (χ0n) is 10.1. The van der Waals surface area contributed by atoms with E-state index in [2.05, 4.69) is 20.0 Å². The first kappa shape index (κ1) is 23.0. The molecule has 0 spiro atoms. The SMILES string of the molecule is C[PH+](C)C.Fc1[c-]c(F)c(F)c(F)c1F.[CH3-].[F][Rh+2]. The van der Waals surface area contributed by atoms with Crippen molar-refractivity contribution in [2.45, 2.75) is 0 Å². The van der Waals surface area contributed by atoms with Gasteiger partial charge in [-0.2, -0.15) is 0 Å². The molecular weight excluding hydrogens is 368 g/mol. The summed E-state index contributed by atoms with van der Waals surface area (Å²) in [6, 6.07) is 1.02. The summed E-state index contributed by atoms with van der Waals surface area (Å²) in [7, 11) is 0.120. The van der Waals surface area contributed by atoms with Crippen LogP contribution in [0.15, 0.2) is 0 Å². The molecule has 8 heteroatoms. The Balaban J connectivity index is -0.000000277. The van der Waals surface area contributed by atoms with E-state index >= 15 is 0 Å². The van der Waals surface area contributed by atoms with E-state index in [1.54, 1.807) is 0 Å². The van der Waals surface area contributed by atoms with E-state index in [0.717, 1.165) is 24.9 Å². The van der Waals surface area contributed by atoms with Gasteiger partial charge in [-0.05, 0) is 7.92 Å². The van der Waals surface area contributed by atoms with Gasteiger partial charge in [0.05, 0.1) is 29.1 Å². The fraction of sp³-hybridized carbons (Fsp3) is 0.300.